The second kappa shape index (κ2) is 6.28. The first kappa shape index (κ1) is 20.3. The van der Waals surface area contributed by atoms with Crippen molar-refractivity contribution in [2.24, 2.45) is 15.7 Å². The molecule has 0 bridgehead atoms. The minimum Gasteiger partial charge on any atom is -0.591 e. The summed E-state index contributed by atoms with van der Waals surface area (Å²) in [5, 5.41) is 9.60. The molecule has 0 heterocycles. The molecule has 1 aliphatic rings. The predicted molar refractivity (Wildman–Crippen MR) is 96.3 cm³/mol. The number of hydrogen-bond donors (Lipinski definition) is 1. The van der Waals surface area contributed by atoms with E-state index < -0.39 is 23.0 Å². The molecule has 5 nitrogen and oxygen atoms in total. The molecule has 23 heavy (non-hydrogen) atoms. The summed E-state index contributed by atoms with van der Waals surface area (Å²) in [6, 6.07) is -0.0572. The van der Waals surface area contributed by atoms with E-state index in [1.165, 1.54) is 0 Å². The molecule has 0 radical (unpaired) electrons. The zero-order valence-corrected chi connectivity index (χ0v) is 16.7. The summed E-state index contributed by atoms with van der Waals surface area (Å²) in [6.07, 6.45) is -0.158. The summed E-state index contributed by atoms with van der Waals surface area (Å²) in [6.45, 7) is 17.5. The fourth-order valence-electron chi connectivity index (χ4n) is 3.27. The standard InChI is InChI=1S/C17H32N2O3S/c1-11(18-23(22)16(5,6)7)12-10-13(17(12,8)9)19(14(20)21)15(2,3)4/h12-13H,10H2,1-9H3,(H,20,21)/t12-,13-,23?/m1/s1. The van der Waals surface area contributed by atoms with Crippen LogP contribution in [-0.2, 0) is 11.4 Å². The first-order chi connectivity index (χ1) is 10.1. The molecule has 0 spiro atoms. The number of carboxylic acid groups (broad SMARTS) is 1. The van der Waals surface area contributed by atoms with E-state index in [0.29, 0.717) is 0 Å². The fraction of sp³-hybridized carbons (Fsp3) is 0.882. The lowest BCUT2D eigenvalue weighted by molar-refractivity contribution is -0.0574. The third-order valence-corrected chi connectivity index (χ3v) is 6.21. The summed E-state index contributed by atoms with van der Waals surface area (Å²) in [4.78, 5) is 13.3. The van der Waals surface area contributed by atoms with E-state index in [4.69, 9.17) is 0 Å². The molecule has 0 aromatic heterocycles. The highest BCUT2D eigenvalue weighted by molar-refractivity contribution is 7.91. The monoisotopic (exact) mass is 344 g/mol. The third kappa shape index (κ3) is 4.21. The van der Waals surface area contributed by atoms with Gasteiger partial charge in [0.05, 0.1) is 5.71 Å². The molecule has 1 N–H and O–H groups in total. The lowest BCUT2D eigenvalue weighted by Gasteiger charge is -2.58. The van der Waals surface area contributed by atoms with Gasteiger partial charge in [-0.25, -0.2) is 4.79 Å². The van der Waals surface area contributed by atoms with Crippen LogP contribution >= 0.6 is 0 Å². The van der Waals surface area contributed by atoms with Gasteiger partial charge in [-0.1, -0.05) is 18.2 Å². The third-order valence-electron chi connectivity index (χ3n) is 4.71. The van der Waals surface area contributed by atoms with E-state index in [-0.39, 0.29) is 22.1 Å². The average molecular weight is 345 g/mol. The van der Waals surface area contributed by atoms with Gasteiger partial charge in [-0.15, -0.1) is 0 Å². The molecule has 0 aromatic carbocycles. The Bertz CT molecular complexity index is 489. The van der Waals surface area contributed by atoms with E-state index in [0.717, 1.165) is 12.1 Å². The van der Waals surface area contributed by atoms with Crippen LogP contribution in [0.4, 0.5) is 4.79 Å². The number of hydrogen-bond acceptors (Lipinski definition) is 3. The molecule has 3 atom stereocenters. The van der Waals surface area contributed by atoms with Gasteiger partial charge in [0.25, 0.3) is 0 Å². The van der Waals surface area contributed by atoms with Crippen molar-refractivity contribution in [2.75, 3.05) is 0 Å². The van der Waals surface area contributed by atoms with E-state index in [1.807, 2.05) is 48.5 Å². The van der Waals surface area contributed by atoms with Crippen molar-refractivity contribution in [2.45, 2.75) is 85.1 Å². The molecule has 6 heteroatoms. The Balaban J connectivity index is 2.99. The minimum absolute atomic E-state index is 0.0572. The van der Waals surface area contributed by atoms with Crippen LogP contribution in [0, 0.1) is 11.3 Å². The van der Waals surface area contributed by atoms with Crippen molar-refractivity contribution in [1.82, 2.24) is 4.90 Å². The number of carbonyl (C=O) groups is 1. The van der Waals surface area contributed by atoms with Crippen molar-refractivity contribution >= 4 is 23.2 Å². The molecule has 1 fully saturated rings. The first-order valence-electron chi connectivity index (χ1n) is 8.09. The first-order valence-corrected chi connectivity index (χ1v) is 9.20. The summed E-state index contributed by atoms with van der Waals surface area (Å²) >= 11 is -1.28. The SMILES string of the molecule is CC(=N[S+]([O-])C(C)(C)C)[C@H]1C[C@@H](N(C(=O)O)C(C)(C)C)C1(C)C. The van der Waals surface area contributed by atoms with Crippen molar-refractivity contribution in [3.05, 3.63) is 0 Å². The molecule has 1 rings (SSSR count). The summed E-state index contributed by atoms with van der Waals surface area (Å²) in [7, 11) is 0. The predicted octanol–water partition coefficient (Wildman–Crippen LogP) is 4.10. The van der Waals surface area contributed by atoms with Gasteiger partial charge in [0.1, 0.15) is 16.1 Å². The lowest BCUT2D eigenvalue weighted by Crippen LogP contribution is -2.65. The Morgan fingerprint density at radius 2 is 1.74 bits per heavy atom. The molecule has 134 valence electrons. The quantitative estimate of drug-likeness (QED) is 0.618. The summed E-state index contributed by atoms with van der Waals surface area (Å²) in [5.74, 6) is 0.156. The molecular formula is C17H32N2O3S. The van der Waals surface area contributed by atoms with Crippen LogP contribution in [0.25, 0.3) is 0 Å². The maximum Gasteiger partial charge on any atom is 0.408 e. The largest absolute Gasteiger partial charge is 0.591 e. The van der Waals surface area contributed by atoms with Gasteiger partial charge in [-0.2, -0.15) is 0 Å². The molecule has 0 aromatic rings. The number of nitrogens with zero attached hydrogens (tertiary/aromatic N) is 2. The van der Waals surface area contributed by atoms with Gasteiger partial charge in [0, 0.05) is 17.5 Å². The van der Waals surface area contributed by atoms with Crippen molar-refractivity contribution in [3.8, 4) is 0 Å². The maximum atomic E-state index is 12.2. The average Bonchev–Trinajstić information content (AvgIpc) is 2.29. The van der Waals surface area contributed by atoms with Gasteiger partial charge in [0.15, 0.2) is 0 Å². The van der Waals surface area contributed by atoms with Crippen molar-refractivity contribution < 1.29 is 14.5 Å². The Hall–Kier alpha value is -0.750. The van der Waals surface area contributed by atoms with Crippen LogP contribution in [-0.4, -0.2) is 42.7 Å². The van der Waals surface area contributed by atoms with Crippen molar-refractivity contribution in [3.63, 3.8) is 0 Å². The van der Waals surface area contributed by atoms with Crippen LogP contribution in [0.15, 0.2) is 4.40 Å². The van der Waals surface area contributed by atoms with Crippen LogP contribution in [0.5, 0.6) is 0 Å². The highest BCUT2D eigenvalue weighted by Gasteiger charge is 2.55. The second-order valence-corrected chi connectivity index (χ2v) is 10.9. The van der Waals surface area contributed by atoms with Gasteiger partial charge in [-0.3, -0.25) is 4.90 Å². The van der Waals surface area contributed by atoms with Crippen LogP contribution < -0.4 is 0 Å². The Labute approximate surface area is 143 Å². The fourth-order valence-corrected chi connectivity index (χ4v) is 3.93. The lowest BCUT2D eigenvalue weighted by atomic mass is 9.56. The Morgan fingerprint density at radius 3 is 2.04 bits per heavy atom. The summed E-state index contributed by atoms with van der Waals surface area (Å²) in [5.41, 5.74) is 0.193. The molecular weight excluding hydrogens is 312 g/mol. The van der Waals surface area contributed by atoms with Crippen LogP contribution in [0.1, 0.15) is 68.7 Å². The minimum atomic E-state index is -1.28. The van der Waals surface area contributed by atoms with Gasteiger partial charge >= 0.3 is 6.09 Å². The molecule has 1 aliphatic carbocycles. The van der Waals surface area contributed by atoms with Gasteiger partial charge in [0.2, 0.25) is 0 Å². The molecule has 0 saturated heterocycles. The molecule has 1 unspecified atom stereocenters. The van der Waals surface area contributed by atoms with Crippen molar-refractivity contribution in [1.29, 1.82) is 0 Å². The summed E-state index contributed by atoms with van der Waals surface area (Å²) < 4.78 is 16.2. The Kier molecular flexibility index (Phi) is 5.54. The zero-order valence-electron chi connectivity index (χ0n) is 15.9. The topological polar surface area (TPSA) is 76.0 Å². The van der Waals surface area contributed by atoms with E-state index >= 15 is 0 Å². The normalized spacial score (nSPS) is 26.4. The van der Waals surface area contributed by atoms with Crippen LogP contribution in [0.3, 0.4) is 0 Å². The second-order valence-electron chi connectivity index (χ2n) is 9.04. The van der Waals surface area contributed by atoms with E-state index in [9.17, 15) is 14.5 Å². The van der Waals surface area contributed by atoms with Gasteiger partial charge in [-0.05, 0) is 60.3 Å². The molecule has 1 amide bonds. The highest BCUT2D eigenvalue weighted by atomic mass is 32.2. The Morgan fingerprint density at radius 1 is 1.26 bits per heavy atom. The molecule has 1 saturated carbocycles. The maximum absolute atomic E-state index is 12.2. The highest BCUT2D eigenvalue weighted by Crippen LogP contribution is 2.51. The van der Waals surface area contributed by atoms with Crippen LogP contribution in [0.2, 0.25) is 0 Å². The molecule has 0 aliphatic heterocycles. The smallest absolute Gasteiger partial charge is 0.408 e. The number of amides is 1. The number of rotatable bonds is 3. The van der Waals surface area contributed by atoms with E-state index in [1.54, 1.807) is 4.90 Å². The van der Waals surface area contributed by atoms with Gasteiger partial charge < -0.3 is 9.66 Å². The van der Waals surface area contributed by atoms with E-state index in [2.05, 4.69) is 18.2 Å². The zero-order chi connectivity index (χ0) is 18.4.